The molecule has 3 heteroatoms. The molecule has 0 radical (unpaired) electrons. The third-order valence-corrected chi connectivity index (χ3v) is 2.29. The largest absolute Gasteiger partial charge is 0.356 e. The van der Waals surface area contributed by atoms with Gasteiger partial charge in [0.1, 0.15) is 0 Å². The van der Waals surface area contributed by atoms with Crippen molar-refractivity contribution in [2.24, 2.45) is 11.8 Å². The van der Waals surface area contributed by atoms with Crippen LogP contribution >= 0.6 is 0 Å². The molecule has 1 rings (SSSR count). The predicted octanol–water partition coefficient (Wildman–Crippen LogP) is -0.0220. The van der Waals surface area contributed by atoms with Crippen LogP contribution in [0.4, 0.5) is 0 Å². The van der Waals surface area contributed by atoms with E-state index in [0.717, 1.165) is 19.6 Å². The minimum absolute atomic E-state index is 0.0732. The van der Waals surface area contributed by atoms with Gasteiger partial charge >= 0.3 is 0 Å². The molecule has 1 aliphatic rings. The molecule has 0 aromatic carbocycles. The molecule has 0 spiro atoms. The smallest absolute Gasteiger partial charge is 0.216 e. The molecule has 0 unspecified atom stereocenters. The summed E-state index contributed by atoms with van der Waals surface area (Å²) in [6.07, 6.45) is 0. The van der Waals surface area contributed by atoms with E-state index < -0.39 is 0 Å². The minimum Gasteiger partial charge on any atom is -0.356 e. The highest BCUT2D eigenvalue weighted by Gasteiger charge is 2.22. The monoisotopic (exact) mass is 156 g/mol. The van der Waals surface area contributed by atoms with E-state index in [2.05, 4.69) is 17.6 Å². The van der Waals surface area contributed by atoms with Crippen LogP contribution in [0.2, 0.25) is 0 Å². The van der Waals surface area contributed by atoms with E-state index in [4.69, 9.17) is 0 Å². The van der Waals surface area contributed by atoms with Gasteiger partial charge in [-0.3, -0.25) is 4.79 Å². The fourth-order valence-electron chi connectivity index (χ4n) is 1.41. The lowest BCUT2D eigenvalue weighted by molar-refractivity contribution is -0.119. The van der Waals surface area contributed by atoms with E-state index in [9.17, 15) is 4.79 Å². The topological polar surface area (TPSA) is 41.1 Å². The molecule has 0 bridgehead atoms. The predicted molar refractivity (Wildman–Crippen MR) is 44.2 cm³/mol. The molecule has 1 aliphatic heterocycles. The van der Waals surface area contributed by atoms with Crippen LogP contribution in [0.25, 0.3) is 0 Å². The number of carbonyl (C=O) groups excluding carboxylic acids is 1. The summed E-state index contributed by atoms with van der Waals surface area (Å²) in [6, 6.07) is 0. The van der Waals surface area contributed by atoms with Gasteiger partial charge in [-0.1, -0.05) is 6.92 Å². The molecule has 2 N–H and O–H groups in total. The highest BCUT2D eigenvalue weighted by molar-refractivity contribution is 5.72. The summed E-state index contributed by atoms with van der Waals surface area (Å²) in [4.78, 5) is 10.6. The first-order valence-corrected chi connectivity index (χ1v) is 4.15. The molecule has 64 valence electrons. The molecule has 11 heavy (non-hydrogen) atoms. The number of nitrogens with one attached hydrogen (secondary N) is 2. The summed E-state index contributed by atoms with van der Waals surface area (Å²) in [5.41, 5.74) is 0. The first-order chi connectivity index (χ1) is 5.20. The first-order valence-electron chi connectivity index (χ1n) is 4.15. The Kier molecular flexibility index (Phi) is 2.88. The van der Waals surface area contributed by atoms with Crippen LogP contribution < -0.4 is 10.6 Å². The van der Waals surface area contributed by atoms with Gasteiger partial charge in [0.2, 0.25) is 5.91 Å². The summed E-state index contributed by atoms with van der Waals surface area (Å²) in [5, 5.41) is 6.13. The zero-order valence-electron chi connectivity index (χ0n) is 7.18. The number of carbonyl (C=O) groups is 1. The Balaban J connectivity index is 2.20. The highest BCUT2D eigenvalue weighted by atomic mass is 16.1. The summed E-state index contributed by atoms with van der Waals surface area (Å²) in [6.45, 7) is 6.73. The van der Waals surface area contributed by atoms with Crippen LogP contribution in [0.15, 0.2) is 0 Å². The van der Waals surface area contributed by atoms with Gasteiger partial charge in [-0.25, -0.2) is 0 Å². The van der Waals surface area contributed by atoms with Crippen molar-refractivity contribution in [3.05, 3.63) is 0 Å². The van der Waals surface area contributed by atoms with Crippen LogP contribution in [0.1, 0.15) is 13.8 Å². The second kappa shape index (κ2) is 3.72. The summed E-state index contributed by atoms with van der Waals surface area (Å²) in [7, 11) is 0. The molecule has 1 saturated heterocycles. The summed E-state index contributed by atoms with van der Waals surface area (Å²) in [5.74, 6) is 1.39. The van der Waals surface area contributed by atoms with Crippen molar-refractivity contribution < 1.29 is 4.79 Å². The maximum atomic E-state index is 10.6. The Morgan fingerprint density at radius 1 is 1.64 bits per heavy atom. The molecule has 0 aromatic heterocycles. The van der Waals surface area contributed by atoms with Crippen molar-refractivity contribution in [1.82, 2.24) is 10.6 Å². The normalized spacial score (nSPS) is 30.4. The van der Waals surface area contributed by atoms with E-state index in [1.165, 1.54) is 0 Å². The van der Waals surface area contributed by atoms with Crippen LogP contribution in [-0.4, -0.2) is 25.5 Å². The molecule has 0 aromatic rings. The van der Waals surface area contributed by atoms with Gasteiger partial charge < -0.3 is 10.6 Å². The van der Waals surface area contributed by atoms with Gasteiger partial charge in [0.15, 0.2) is 0 Å². The lowest BCUT2D eigenvalue weighted by Gasteiger charge is -2.13. The Bertz CT molecular complexity index is 147. The third kappa shape index (κ3) is 2.50. The molecule has 0 aliphatic carbocycles. The van der Waals surface area contributed by atoms with Gasteiger partial charge in [0.05, 0.1) is 0 Å². The maximum absolute atomic E-state index is 10.6. The Morgan fingerprint density at radius 2 is 2.36 bits per heavy atom. The second-order valence-electron chi connectivity index (χ2n) is 3.33. The zero-order chi connectivity index (χ0) is 8.27. The van der Waals surface area contributed by atoms with Gasteiger partial charge in [-0.15, -0.1) is 0 Å². The standard InChI is InChI=1S/C8H16N2O/c1-6-3-9-4-8(6)5-10-7(2)11/h6,8-9H,3-5H2,1-2H3,(H,10,11)/t6-,8+/m1/s1. The Labute approximate surface area is 67.5 Å². The Hall–Kier alpha value is -0.570. The molecular formula is C8H16N2O. The molecular weight excluding hydrogens is 140 g/mol. The third-order valence-electron chi connectivity index (χ3n) is 2.29. The van der Waals surface area contributed by atoms with Crippen molar-refractivity contribution in [2.75, 3.05) is 19.6 Å². The second-order valence-corrected chi connectivity index (χ2v) is 3.33. The van der Waals surface area contributed by atoms with Crippen molar-refractivity contribution in [1.29, 1.82) is 0 Å². The van der Waals surface area contributed by atoms with Crippen molar-refractivity contribution >= 4 is 5.91 Å². The van der Waals surface area contributed by atoms with Gasteiger partial charge in [0.25, 0.3) is 0 Å². The van der Waals surface area contributed by atoms with E-state index in [0.29, 0.717) is 11.8 Å². The van der Waals surface area contributed by atoms with Gasteiger partial charge in [-0.2, -0.15) is 0 Å². The highest BCUT2D eigenvalue weighted by Crippen LogP contribution is 2.13. The zero-order valence-corrected chi connectivity index (χ0v) is 7.18. The first kappa shape index (κ1) is 8.53. The van der Waals surface area contributed by atoms with E-state index >= 15 is 0 Å². The Morgan fingerprint density at radius 3 is 2.82 bits per heavy atom. The number of hydrogen-bond donors (Lipinski definition) is 2. The molecule has 1 amide bonds. The SMILES string of the molecule is CC(=O)NC[C@@H]1CNC[C@H]1C. The van der Waals surface area contributed by atoms with Crippen LogP contribution in [0.5, 0.6) is 0 Å². The number of amides is 1. The fourth-order valence-corrected chi connectivity index (χ4v) is 1.41. The fraction of sp³-hybridized carbons (Fsp3) is 0.875. The van der Waals surface area contributed by atoms with Crippen molar-refractivity contribution in [3.63, 3.8) is 0 Å². The van der Waals surface area contributed by atoms with Crippen LogP contribution in [-0.2, 0) is 4.79 Å². The van der Waals surface area contributed by atoms with Crippen molar-refractivity contribution in [3.8, 4) is 0 Å². The number of rotatable bonds is 2. The molecule has 2 atom stereocenters. The van der Waals surface area contributed by atoms with Gasteiger partial charge in [-0.05, 0) is 24.9 Å². The van der Waals surface area contributed by atoms with E-state index in [1.807, 2.05) is 0 Å². The quantitative estimate of drug-likeness (QED) is 0.590. The summed E-state index contributed by atoms with van der Waals surface area (Å²) < 4.78 is 0. The lowest BCUT2D eigenvalue weighted by atomic mass is 9.98. The molecule has 1 fully saturated rings. The average molecular weight is 156 g/mol. The molecule has 1 heterocycles. The summed E-state index contributed by atoms with van der Waals surface area (Å²) >= 11 is 0. The number of hydrogen-bond acceptors (Lipinski definition) is 2. The van der Waals surface area contributed by atoms with Crippen LogP contribution in [0.3, 0.4) is 0 Å². The van der Waals surface area contributed by atoms with Gasteiger partial charge in [0, 0.05) is 13.5 Å². The average Bonchev–Trinajstić information content (AvgIpc) is 2.31. The lowest BCUT2D eigenvalue weighted by Crippen LogP contribution is -2.30. The van der Waals surface area contributed by atoms with Crippen molar-refractivity contribution in [2.45, 2.75) is 13.8 Å². The maximum Gasteiger partial charge on any atom is 0.216 e. The van der Waals surface area contributed by atoms with Crippen LogP contribution in [0, 0.1) is 11.8 Å². The van der Waals surface area contributed by atoms with E-state index in [1.54, 1.807) is 6.92 Å². The molecule has 3 nitrogen and oxygen atoms in total. The van der Waals surface area contributed by atoms with E-state index in [-0.39, 0.29) is 5.91 Å². The molecule has 0 saturated carbocycles. The minimum atomic E-state index is 0.0732.